The van der Waals surface area contributed by atoms with Crippen LogP contribution < -0.4 is 20.1 Å². The van der Waals surface area contributed by atoms with E-state index in [1.165, 1.54) is 0 Å². The van der Waals surface area contributed by atoms with Gasteiger partial charge in [0.2, 0.25) is 0 Å². The van der Waals surface area contributed by atoms with E-state index in [-0.39, 0.29) is 24.0 Å². The molecule has 0 saturated heterocycles. The largest absolute Gasteiger partial charge is 0.491 e. The van der Waals surface area contributed by atoms with Gasteiger partial charge in [0.1, 0.15) is 24.7 Å². The number of guanidine groups is 1. The summed E-state index contributed by atoms with van der Waals surface area (Å²) < 4.78 is 21.5. The molecule has 31 heavy (non-hydrogen) atoms. The zero-order valence-corrected chi connectivity index (χ0v) is 21.1. The zero-order chi connectivity index (χ0) is 21.6. The van der Waals surface area contributed by atoms with Crippen LogP contribution in [0.5, 0.6) is 11.5 Å². The number of halogens is 1. The minimum atomic E-state index is 0. The molecule has 0 bridgehead atoms. The van der Waals surface area contributed by atoms with Crippen LogP contribution in [0.15, 0.2) is 47.5 Å². The first kappa shape index (κ1) is 27.0. The molecule has 0 spiro atoms. The highest BCUT2D eigenvalue weighted by Crippen LogP contribution is 2.20. The van der Waals surface area contributed by atoms with Crippen LogP contribution in [-0.2, 0) is 22.6 Å². The monoisotopic (exact) mass is 543 g/mol. The van der Waals surface area contributed by atoms with E-state index in [0.29, 0.717) is 39.5 Å². The first-order valence-corrected chi connectivity index (χ1v) is 10.0. The van der Waals surface area contributed by atoms with Crippen molar-refractivity contribution >= 4 is 29.9 Å². The van der Waals surface area contributed by atoms with Gasteiger partial charge in [-0.25, -0.2) is 0 Å². The Kier molecular flexibility index (Phi) is 13.7. The number of ether oxygens (including phenoxy) is 4. The standard InChI is InChI=1S/C23H33N3O4.HI/c1-18-5-8-20(22(15-18)30-14-12-28-4)17-26-23(24-2)25-16-19-6-9-21(10-7-19)29-13-11-27-3;/h5-10,15H,11-14,16-17H2,1-4H3,(H2,24,25,26);1H. The lowest BCUT2D eigenvalue weighted by Gasteiger charge is -2.15. The normalized spacial score (nSPS) is 10.9. The van der Waals surface area contributed by atoms with Crippen molar-refractivity contribution < 1.29 is 18.9 Å². The van der Waals surface area contributed by atoms with Crippen LogP contribution in [0, 0.1) is 6.92 Å². The molecule has 0 amide bonds. The summed E-state index contributed by atoms with van der Waals surface area (Å²) in [5.41, 5.74) is 3.36. The molecule has 0 heterocycles. The first-order chi connectivity index (χ1) is 14.7. The van der Waals surface area contributed by atoms with Crippen LogP contribution in [0.4, 0.5) is 0 Å². The van der Waals surface area contributed by atoms with E-state index >= 15 is 0 Å². The molecule has 0 aliphatic carbocycles. The lowest BCUT2D eigenvalue weighted by molar-refractivity contribution is 0.145. The number of aryl methyl sites for hydroxylation is 1. The SMILES string of the molecule is CN=C(NCc1ccc(OCCOC)cc1)NCc1ccc(C)cc1OCCOC.I. The van der Waals surface area contributed by atoms with Gasteiger partial charge in [-0.1, -0.05) is 24.3 Å². The van der Waals surface area contributed by atoms with Crippen molar-refractivity contribution in [3.8, 4) is 11.5 Å². The molecule has 0 aromatic heterocycles. The van der Waals surface area contributed by atoms with Crippen molar-refractivity contribution in [3.63, 3.8) is 0 Å². The molecule has 2 aromatic rings. The lowest BCUT2D eigenvalue weighted by atomic mass is 10.1. The summed E-state index contributed by atoms with van der Waals surface area (Å²) in [6.07, 6.45) is 0. The topological polar surface area (TPSA) is 73.3 Å². The summed E-state index contributed by atoms with van der Waals surface area (Å²) >= 11 is 0. The van der Waals surface area contributed by atoms with Crippen LogP contribution in [0.1, 0.15) is 16.7 Å². The fraction of sp³-hybridized carbons (Fsp3) is 0.435. The Balaban J connectivity index is 0.00000480. The number of nitrogens with zero attached hydrogens (tertiary/aromatic N) is 1. The van der Waals surface area contributed by atoms with Gasteiger partial charge in [-0.15, -0.1) is 24.0 Å². The Labute approximate surface area is 202 Å². The molecule has 7 nitrogen and oxygen atoms in total. The Hall–Kier alpha value is -2.04. The van der Waals surface area contributed by atoms with Crippen molar-refractivity contribution in [3.05, 3.63) is 59.2 Å². The summed E-state index contributed by atoms with van der Waals surface area (Å²) in [7, 11) is 5.08. The highest BCUT2D eigenvalue weighted by atomic mass is 127. The van der Waals surface area contributed by atoms with E-state index in [0.717, 1.165) is 34.1 Å². The average molecular weight is 543 g/mol. The third-order valence-electron chi connectivity index (χ3n) is 4.38. The molecular weight excluding hydrogens is 509 g/mol. The minimum Gasteiger partial charge on any atom is -0.491 e. The van der Waals surface area contributed by atoms with E-state index in [1.54, 1.807) is 21.3 Å². The molecule has 0 atom stereocenters. The second kappa shape index (κ2) is 15.7. The molecule has 2 N–H and O–H groups in total. The maximum Gasteiger partial charge on any atom is 0.191 e. The predicted molar refractivity (Wildman–Crippen MR) is 135 cm³/mol. The van der Waals surface area contributed by atoms with E-state index < -0.39 is 0 Å². The van der Waals surface area contributed by atoms with Gasteiger partial charge in [0.25, 0.3) is 0 Å². The maximum atomic E-state index is 5.85. The second-order valence-corrected chi connectivity index (χ2v) is 6.72. The van der Waals surface area contributed by atoms with Gasteiger partial charge in [-0.2, -0.15) is 0 Å². The van der Waals surface area contributed by atoms with Gasteiger partial charge in [0.15, 0.2) is 5.96 Å². The van der Waals surface area contributed by atoms with E-state index in [1.807, 2.05) is 30.3 Å². The lowest BCUT2D eigenvalue weighted by Crippen LogP contribution is -2.36. The average Bonchev–Trinajstić information content (AvgIpc) is 2.76. The molecule has 2 aromatic carbocycles. The van der Waals surface area contributed by atoms with Gasteiger partial charge < -0.3 is 29.6 Å². The molecule has 172 valence electrons. The molecule has 2 rings (SSSR count). The number of aliphatic imine (C=N–C) groups is 1. The van der Waals surface area contributed by atoms with Gasteiger partial charge in [-0.05, 0) is 36.2 Å². The highest BCUT2D eigenvalue weighted by Gasteiger charge is 2.06. The van der Waals surface area contributed by atoms with Crippen LogP contribution in [0.25, 0.3) is 0 Å². The van der Waals surface area contributed by atoms with Gasteiger partial charge in [0, 0.05) is 39.9 Å². The molecule has 0 unspecified atom stereocenters. The molecule has 0 radical (unpaired) electrons. The summed E-state index contributed by atoms with van der Waals surface area (Å²) in [5, 5.41) is 6.67. The number of nitrogens with one attached hydrogen (secondary N) is 2. The quantitative estimate of drug-likeness (QED) is 0.185. The molecule has 0 fully saturated rings. The van der Waals surface area contributed by atoms with Crippen LogP contribution in [-0.4, -0.2) is 53.7 Å². The van der Waals surface area contributed by atoms with E-state index in [9.17, 15) is 0 Å². The molecule has 0 aliphatic heterocycles. The summed E-state index contributed by atoms with van der Waals surface area (Å²) in [5.74, 6) is 2.41. The number of rotatable bonds is 12. The fourth-order valence-electron chi connectivity index (χ4n) is 2.71. The maximum absolute atomic E-state index is 5.85. The number of benzene rings is 2. The Bertz CT molecular complexity index is 785. The second-order valence-electron chi connectivity index (χ2n) is 6.72. The van der Waals surface area contributed by atoms with E-state index in [2.05, 4.69) is 34.7 Å². The Morgan fingerprint density at radius 3 is 2.13 bits per heavy atom. The number of hydrogen-bond donors (Lipinski definition) is 2. The van der Waals surface area contributed by atoms with Crippen molar-refractivity contribution in [2.24, 2.45) is 4.99 Å². The van der Waals surface area contributed by atoms with Crippen LogP contribution in [0.2, 0.25) is 0 Å². The first-order valence-electron chi connectivity index (χ1n) is 10.0. The summed E-state index contributed by atoms with van der Waals surface area (Å²) in [6.45, 7) is 5.50. The molecule has 8 heteroatoms. The van der Waals surface area contributed by atoms with E-state index in [4.69, 9.17) is 18.9 Å². The van der Waals surface area contributed by atoms with Gasteiger partial charge in [-0.3, -0.25) is 4.99 Å². The van der Waals surface area contributed by atoms with Gasteiger partial charge >= 0.3 is 0 Å². The molecule has 0 aliphatic rings. The number of hydrogen-bond acceptors (Lipinski definition) is 5. The summed E-state index contributed by atoms with van der Waals surface area (Å²) in [6, 6.07) is 14.2. The van der Waals surface area contributed by atoms with Crippen molar-refractivity contribution in [1.82, 2.24) is 10.6 Å². The third kappa shape index (κ3) is 10.2. The number of methoxy groups -OCH3 is 2. The minimum absolute atomic E-state index is 0. The molecular formula is C23H34IN3O4. The van der Waals surface area contributed by atoms with Crippen LogP contribution >= 0.6 is 24.0 Å². The Morgan fingerprint density at radius 2 is 1.48 bits per heavy atom. The van der Waals surface area contributed by atoms with Crippen molar-refractivity contribution in [2.75, 3.05) is 47.7 Å². The van der Waals surface area contributed by atoms with Crippen molar-refractivity contribution in [1.29, 1.82) is 0 Å². The molecule has 0 saturated carbocycles. The smallest absolute Gasteiger partial charge is 0.191 e. The Morgan fingerprint density at radius 1 is 0.839 bits per heavy atom. The van der Waals surface area contributed by atoms with Gasteiger partial charge in [0.05, 0.1) is 13.2 Å². The highest BCUT2D eigenvalue weighted by molar-refractivity contribution is 14.0. The third-order valence-corrected chi connectivity index (χ3v) is 4.38. The predicted octanol–water partition coefficient (Wildman–Crippen LogP) is 3.53. The fourth-order valence-corrected chi connectivity index (χ4v) is 2.71. The summed E-state index contributed by atoms with van der Waals surface area (Å²) in [4.78, 5) is 4.30. The van der Waals surface area contributed by atoms with Crippen molar-refractivity contribution in [2.45, 2.75) is 20.0 Å². The van der Waals surface area contributed by atoms with Crippen LogP contribution in [0.3, 0.4) is 0 Å². The zero-order valence-electron chi connectivity index (χ0n) is 18.8.